The smallest absolute Gasteiger partial charge is 0.0750 e. The first-order valence-corrected chi connectivity index (χ1v) is 7.36. The second kappa shape index (κ2) is 7.66. The van der Waals surface area contributed by atoms with E-state index in [-0.39, 0.29) is 5.60 Å². The number of rotatable bonds is 8. The van der Waals surface area contributed by atoms with E-state index in [0.717, 1.165) is 26.0 Å². The van der Waals surface area contributed by atoms with Crippen LogP contribution in [0.25, 0.3) is 0 Å². The summed E-state index contributed by atoms with van der Waals surface area (Å²) in [4.78, 5) is 0. The monoisotopic (exact) mass is 263 g/mol. The molecule has 1 rings (SSSR count). The molecule has 0 aliphatic carbocycles. The highest BCUT2D eigenvalue weighted by molar-refractivity contribution is 5.22. The summed E-state index contributed by atoms with van der Waals surface area (Å²) in [6.45, 7) is 12.4. The van der Waals surface area contributed by atoms with Crippen molar-refractivity contribution in [1.29, 1.82) is 0 Å². The Morgan fingerprint density at radius 1 is 1.32 bits per heavy atom. The molecule has 0 aromatic heterocycles. The molecule has 0 saturated carbocycles. The lowest BCUT2D eigenvalue weighted by Crippen LogP contribution is -2.41. The Balaban J connectivity index is 2.30. The van der Waals surface area contributed by atoms with E-state index in [1.165, 1.54) is 11.1 Å². The van der Waals surface area contributed by atoms with Crippen molar-refractivity contribution in [2.45, 2.75) is 59.1 Å². The number of ether oxygens (including phenoxy) is 1. The van der Waals surface area contributed by atoms with Gasteiger partial charge in [0.1, 0.15) is 0 Å². The SMILES string of the molecule is CCOC(C)(C)CNC(C)CCc1cccc(C)c1. The standard InChI is InChI=1S/C17H29NO/c1-6-19-17(4,5)13-18-15(3)10-11-16-9-7-8-14(2)12-16/h7-9,12,15,18H,6,10-11,13H2,1-5H3. The van der Waals surface area contributed by atoms with E-state index in [9.17, 15) is 0 Å². The van der Waals surface area contributed by atoms with Gasteiger partial charge in [0.2, 0.25) is 0 Å². The number of hydrogen-bond donors (Lipinski definition) is 1. The Bertz CT molecular complexity index is 373. The molecule has 1 atom stereocenters. The van der Waals surface area contributed by atoms with Crippen molar-refractivity contribution in [3.8, 4) is 0 Å². The minimum absolute atomic E-state index is 0.0770. The fraction of sp³-hybridized carbons (Fsp3) is 0.647. The lowest BCUT2D eigenvalue weighted by Gasteiger charge is -2.27. The van der Waals surface area contributed by atoms with Crippen molar-refractivity contribution in [3.05, 3.63) is 35.4 Å². The van der Waals surface area contributed by atoms with E-state index in [4.69, 9.17) is 4.74 Å². The van der Waals surface area contributed by atoms with Crippen molar-refractivity contribution >= 4 is 0 Å². The van der Waals surface area contributed by atoms with Gasteiger partial charge in [0.05, 0.1) is 5.60 Å². The van der Waals surface area contributed by atoms with Gasteiger partial charge in [-0.05, 0) is 53.0 Å². The molecule has 0 saturated heterocycles. The number of benzene rings is 1. The summed E-state index contributed by atoms with van der Waals surface area (Å²) in [6.07, 6.45) is 2.29. The van der Waals surface area contributed by atoms with Crippen LogP contribution in [-0.2, 0) is 11.2 Å². The predicted octanol–water partition coefficient (Wildman–Crippen LogP) is 3.72. The third-order valence-electron chi connectivity index (χ3n) is 3.36. The lowest BCUT2D eigenvalue weighted by atomic mass is 10.0. The van der Waals surface area contributed by atoms with E-state index in [0.29, 0.717) is 6.04 Å². The normalized spacial score (nSPS) is 13.5. The quantitative estimate of drug-likeness (QED) is 0.772. The predicted molar refractivity (Wildman–Crippen MR) is 82.7 cm³/mol. The van der Waals surface area contributed by atoms with E-state index < -0.39 is 0 Å². The van der Waals surface area contributed by atoms with E-state index >= 15 is 0 Å². The molecule has 0 radical (unpaired) electrons. The molecule has 19 heavy (non-hydrogen) atoms. The molecular weight excluding hydrogens is 234 g/mol. The largest absolute Gasteiger partial charge is 0.375 e. The van der Waals surface area contributed by atoms with Crippen molar-refractivity contribution in [2.24, 2.45) is 0 Å². The molecule has 0 amide bonds. The molecule has 1 unspecified atom stereocenters. The summed E-state index contributed by atoms with van der Waals surface area (Å²) in [5, 5.41) is 3.57. The maximum atomic E-state index is 5.70. The number of nitrogens with one attached hydrogen (secondary N) is 1. The highest BCUT2D eigenvalue weighted by Gasteiger charge is 2.18. The minimum atomic E-state index is -0.0770. The average molecular weight is 263 g/mol. The first-order chi connectivity index (χ1) is 8.93. The van der Waals surface area contributed by atoms with Gasteiger partial charge in [-0.25, -0.2) is 0 Å². The summed E-state index contributed by atoms with van der Waals surface area (Å²) in [7, 11) is 0. The molecule has 1 aromatic rings. The molecular formula is C17H29NO. The van der Waals surface area contributed by atoms with Gasteiger partial charge in [0, 0.05) is 19.2 Å². The Kier molecular flexibility index (Phi) is 6.53. The van der Waals surface area contributed by atoms with Gasteiger partial charge in [0.15, 0.2) is 0 Å². The van der Waals surface area contributed by atoms with Gasteiger partial charge in [-0.2, -0.15) is 0 Å². The Labute approximate surface area is 118 Å². The molecule has 108 valence electrons. The van der Waals surface area contributed by atoms with Gasteiger partial charge < -0.3 is 10.1 Å². The van der Waals surface area contributed by atoms with E-state index in [2.05, 4.69) is 57.3 Å². The van der Waals surface area contributed by atoms with E-state index in [1.54, 1.807) is 0 Å². The summed E-state index contributed by atoms with van der Waals surface area (Å²) in [5.41, 5.74) is 2.69. The Hall–Kier alpha value is -0.860. The highest BCUT2D eigenvalue weighted by atomic mass is 16.5. The van der Waals surface area contributed by atoms with Crippen molar-refractivity contribution in [3.63, 3.8) is 0 Å². The third kappa shape index (κ3) is 6.74. The zero-order valence-corrected chi connectivity index (χ0v) is 13.1. The van der Waals surface area contributed by atoms with Gasteiger partial charge in [-0.1, -0.05) is 29.8 Å². The van der Waals surface area contributed by atoms with Gasteiger partial charge >= 0.3 is 0 Å². The fourth-order valence-electron chi connectivity index (χ4n) is 2.21. The Morgan fingerprint density at radius 3 is 2.68 bits per heavy atom. The van der Waals surface area contributed by atoms with Gasteiger partial charge in [-0.15, -0.1) is 0 Å². The van der Waals surface area contributed by atoms with Crippen LogP contribution >= 0.6 is 0 Å². The van der Waals surface area contributed by atoms with Crippen molar-refractivity contribution in [2.75, 3.05) is 13.2 Å². The van der Waals surface area contributed by atoms with Crippen LogP contribution in [0.1, 0.15) is 45.2 Å². The molecule has 0 spiro atoms. The van der Waals surface area contributed by atoms with Crippen molar-refractivity contribution < 1.29 is 4.74 Å². The summed E-state index contributed by atoms with van der Waals surface area (Å²) in [6, 6.07) is 9.29. The van der Waals surface area contributed by atoms with Crippen LogP contribution in [0.5, 0.6) is 0 Å². The molecule has 0 heterocycles. The van der Waals surface area contributed by atoms with Crippen LogP contribution < -0.4 is 5.32 Å². The minimum Gasteiger partial charge on any atom is -0.375 e. The molecule has 1 aromatic carbocycles. The molecule has 0 aliphatic rings. The van der Waals surface area contributed by atoms with Crippen LogP contribution in [-0.4, -0.2) is 24.8 Å². The first kappa shape index (κ1) is 16.2. The number of hydrogen-bond acceptors (Lipinski definition) is 2. The van der Waals surface area contributed by atoms with Crippen LogP contribution in [0.2, 0.25) is 0 Å². The highest BCUT2D eigenvalue weighted by Crippen LogP contribution is 2.10. The lowest BCUT2D eigenvalue weighted by molar-refractivity contribution is -0.0104. The molecule has 2 heteroatoms. The van der Waals surface area contributed by atoms with Gasteiger partial charge in [-0.3, -0.25) is 0 Å². The zero-order valence-electron chi connectivity index (χ0n) is 13.1. The molecule has 0 fully saturated rings. The summed E-state index contributed by atoms with van der Waals surface area (Å²) in [5.74, 6) is 0. The fourth-order valence-corrected chi connectivity index (χ4v) is 2.21. The van der Waals surface area contributed by atoms with Crippen LogP contribution in [0.4, 0.5) is 0 Å². The van der Waals surface area contributed by atoms with Crippen molar-refractivity contribution in [1.82, 2.24) is 5.32 Å². The molecule has 2 nitrogen and oxygen atoms in total. The number of aryl methyl sites for hydroxylation is 2. The van der Waals surface area contributed by atoms with Crippen LogP contribution in [0.15, 0.2) is 24.3 Å². The molecule has 0 aliphatic heterocycles. The maximum Gasteiger partial charge on any atom is 0.0750 e. The first-order valence-electron chi connectivity index (χ1n) is 7.36. The second-order valence-electron chi connectivity index (χ2n) is 6.00. The third-order valence-corrected chi connectivity index (χ3v) is 3.36. The zero-order chi connectivity index (χ0) is 14.3. The average Bonchev–Trinajstić information content (AvgIpc) is 2.34. The topological polar surface area (TPSA) is 21.3 Å². The maximum absolute atomic E-state index is 5.70. The van der Waals surface area contributed by atoms with Crippen LogP contribution in [0, 0.1) is 6.92 Å². The van der Waals surface area contributed by atoms with Gasteiger partial charge in [0.25, 0.3) is 0 Å². The molecule has 1 N–H and O–H groups in total. The second-order valence-corrected chi connectivity index (χ2v) is 6.00. The molecule has 0 bridgehead atoms. The van der Waals surface area contributed by atoms with E-state index in [1.807, 2.05) is 6.92 Å². The van der Waals surface area contributed by atoms with Crippen LogP contribution in [0.3, 0.4) is 0 Å². The Morgan fingerprint density at radius 2 is 2.05 bits per heavy atom. The summed E-state index contributed by atoms with van der Waals surface area (Å²) < 4.78 is 5.70. The summed E-state index contributed by atoms with van der Waals surface area (Å²) >= 11 is 0.